The minimum atomic E-state index is -0.0718. The van der Waals surface area contributed by atoms with Gasteiger partial charge in [-0.05, 0) is 24.3 Å². The van der Waals surface area contributed by atoms with Crippen LogP contribution < -0.4 is 5.32 Å². The number of pyridine rings is 1. The molecule has 1 aromatic heterocycles. The maximum Gasteiger partial charge on any atom is 0.322 e. The van der Waals surface area contributed by atoms with Crippen molar-refractivity contribution in [3.63, 3.8) is 0 Å². The van der Waals surface area contributed by atoms with Crippen LogP contribution in [0.1, 0.15) is 0 Å². The van der Waals surface area contributed by atoms with E-state index in [0.717, 1.165) is 29.2 Å². The predicted octanol–water partition coefficient (Wildman–Crippen LogP) is 3.43. The highest BCUT2D eigenvalue weighted by Gasteiger charge is 2.19. The molecule has 2 heterocycles. The third-order valence-electron chi connectivity index (χ3n) is 3.00. The number of halogens is 1. The molecule has 0 aliphatic carbocycles. The van der Waals surface area contributed by atoms with Crippen LogP contribution in [0.4, 0.5) is 10.5 Å². The maximum atomic E-state index is 12.1. The van der Waals surface area contributed by atoms with Crippen LogP contribution in [-0.2, 0) is 0 Å². The van der Waals surface area contributed by atoms with Crippen LogP contribution >= 0.6 is 23.4 Å². The molecule has 2 aromatic rings. The van der Waals surface area contributed by atoms with Crippen molar-refractivity contribution < 1.29 is 4.79 Å². The fourth-order valence-corrected chi connectivity index (χ4v) is 3.17. The third-order valence-corrected chi connectivity index (χ3v) is 4.27. The van der Waals surface area contributed by atoms with Crippen molar-refractivity contribution in [1.29, 1.82) is 0 Å². The van der Waals surface area contributed by atoms with Gasteiger partial charge >= 0.3 is 6.03 Å². The van der Waals surface area contributed by atoms with E-state index in [9.17, 15) is 4.79 Å². The molecule has 1 N–H and O–H groups in total. The lowest BCUT2D eigenvalue weighted by Crippen LogP contribution is -2.32. The summed E-state index contributed by atoms with van der Waals surface area (Å²) in [6, 6.07) is 7.24. The molecule has 0 bridgehead atoms. The number of rotatable bonds is 1. The molecule has 19 heavy (non-hydrogen) atoms. The molecule has 0 saturated carbocycles. The molecule has 0 radical (unpaired) electrons. The third kappa shape index (κ3) is 2.48. The van der Waals surface area contributed by atoms with E-state index >= 15 is 0 Å². The smallest absolute Gasteiger partial charge is 0.314 e. The number of amides is 2. The van der Waals surface area contributed by atoms with E-state index in [1.165, 1.54) is 0 Å². The summed E-state index contributed by atoms with van der Waals surface area (Å²) in [6.45, 7) is 0.792. The number of anilines is 1. The second-order valence-corrected chi connectivity index (χ2v) is 5.71. The summed E-state index contributed by atoms with van der Waals surface area (Å²) in [6.07, 6.45) is 1.69. The lowest BCUT2D eigenvalue weighted by atomic mass is 10.2. The summed E-state index contributed by atoms with van der Waals surface area (Å²) in [7, 11) is 0. The molecule has 1 fully saturated rings. The Balaban J connectivity index is 1.92. The number of nitrogens with zero attached hydrogens (tertiary/aromatic N) is 2. The maximum absolute atomic E-state index is 12.1. The molecular weight excluding hydrogens is 282 g/mol. The first-order chi connectivity index (χ1) is 9.25. The van der Waals surface area contributed by atoms with Crippen LogP contribution in [0.3, 0.4) is 0 Å². The van der Waals surface area contributed by atoms with Gasteiger partial charge in [-0.2, -0.15) is 0 Å². The zero-order valence-corrected chi connectivity index (χ0v) is 11.7. The van der Waals surface area contributed by atoms with Crippen molar-refractivity contribution >= 4 is 46.0 Å². The SMILES string of the molecule is O=C(Nc1ccc(Cl)c2ncccc12)N1CCSC1. The first kappa shape index (κ1) is 12.6. The molecule has 98 valence electrons. The number of benzene rings is 1. The van der Waals surface area contributed by atoms with Gasteiger partial charge in [0.05, 0.1) is 22.1 Å². The summed E-state index contributed by atoms with van der Waals surface area (Å²) in [5, 5.41) is 4.37. The van der Waals surface area contributed by atoms with Gasteiger partial charge in [0.2, 0.25) is 0 Å². The first-order valence-electron chi connectivity index (χ1n) is 5.92. The molecular formula is C13H12ClN3OS. The number of thioether (sulfide) groups is 1. The average Bonchev–Trinajstić information content (AvgIpc) is 2.96. The number of hydrogen-bond donors (Lipinski definition) is 1. The second kappa shape index (κ2) is 5.27. The predicted molar refractivity (Wildman–Crippen MR) is 79.8 cm³/mol. The highest BCUT2D eigenvalue weighted by Crippen LogP contribution is 2.28. The number of carbonyl (C=O) groups is 1. The largest absolute Gasteiger partial charge is 0.322 e. The first-order valence-corrected chi connectivity index (χ1v) is 7.46. The van der Waals surface area contributed by atoms with Gasteiger partial charge in [-0.25, -0.2) is 4.79 Å². The molecule has 1 aliphatic rings. The van der Waals surface area contributed by atoms with E-state index in [1.807, 2.05) is 18.2 Å². The van der Waals surface area contributed by atoms with E-state index in [2.05, 4.69) is 10.3 Å². The number of carbonyl (C=O) groups excluding carboxylic acids is 1. The molecule has 1 aromatic carbocycles. The van der Waals surface area contributed by atoms with Crippen molar-refractivity contribution in [3.05, 3.63) is 35.5 Å². The Morgan fingerprint density at radius 3 is 3.11 bits per heavy atom. The van der Waals surface area contributed by atoms with Crippen LogP contribution in [0, 0.1) is 0 Å². The quantitative estimate of drug-likeness (QED) is 0.876. The monoisotopic (exact) mass is 293 g/mol. The highest BCUT2D eigenvalue weighted by molar-refractivity contribution is 7.99. The number of urea groups is 1. The van der Waals surface area contributed by atoms with Crippen LogP contribution in [0.15, 0.2) is 30.5 Å². The summed E-state index contributed by atoms with van der Waals surface area (Å²) >= 11 is 7.86. The standard InChI is InChI=1S/C13H12ClN3OS/c14-10-3-4-11(9-2-1-5-15-12(9)10)16-13(18)17-6-7-19-8-17/h1-5H,6-8H2,(H,16,18). The molecule has 4 nitrogen and oxygen atoms in total. The molecule has 1 saturated heterocycles. The van der Waals surface area contributed by atoms with E-state index in [4.69, 9.17) is 11.6 Å². The lowest BCUT2D eigenvalue weighted by Gasteiger charge is -2.16. The van der Waals surface area contributed by atoms with Gasteiger partial charge in [0.1, 0.15) is 0 Å². The minimum Gasteiger partial charge on any atom is -0.314 e. The molecule has 0 atom stereocenters. The molecule has 6 heteroatoms. The normalized spacial score (nSPS) is 14.9. The van der Waals surface area contributed by atoms with Crippen LogP contribution in [0.5, 0.6) is 0 Å². The van der Waals surface area contributed by atoms with Gasteiger partial charge in [0, 0.05) is 23.9 Å². The number of hydrogen-bond acceptors (Lipinski definition) is 3. The summed E-state index contributed by atoms with van der Waals surface area (Å²) in [4.78, 5) is 18.1. The summed E-state index contributed by atoms with van der Waals surface area (Å²) < 4.78 is 0. The van der Waals surface area contributed by atoms with E-state index in [1.54, 1.807) is 28.9 Å². The van der Waals surface area contributed by atoms with Gasteiger partial charge in [-0.15, -0.1) is 11.8 Å². The molecule has 1 aliphatic heterocycles. The Morgan fingerprint density at radius 2 is 2.32 bits per heavy atom. The fraction of sp³-hybridized carbons (Fsp3) is 0.231. The minimum absolute atomic E-state index is 0.0718. The van der Waals surface area contributed by atoms with Crippen molar-refractivity contribution in [2.24, 2.45) is 0 Å². The van der Waals surface area contributed by atoms with Gasteiger partial charge in [-0.3, -0.25) is 4.98 Å². The van der Waals surface area contributed by atoms with Crippen LogP contribution in [0.2, 0.25) is 5.02 Å². The summed E-state index contributed by atoms with van der Waals surface area (Å²) in [5.41, 5.74) is 1.45. The number of nitrogens with one attached hydrogen (secondary N) is 1. The highest BCUT2D eigenvalue weighted by atomic mass is 35.5. The average molecular weight is 294 g/mol. The Bertz CT molecular complexity index is 628. The Morgan fingerprint density at radius 1 is 1.42 bits per heavy atom. The van der Waals surface area contributed by atoms with E-state index in [-0.39, 0.29) is 6.03 Å². The number of fused-ring (bicyclic) bond motifs is 1. The Hall–Kier alpha value is -1.46. The van der Waals surface area contributed by atoms with Crippen molar-refractivity contribution in [2.45, 2.75) is 0 Å². The van der Waals surface area contributed by atoms with Crippen molar-refractivity contribution in [2.75, 3.05) is 23.5 Å². The Kier molecular flexibility index (Phi) is 3.48. The molecule has 2 amide bonds. The topological polar surface area (TPSA) is 45.2 Å². The van der Waals surface area contributed by atoms with Gasteiger partial charge in [0.15, 0.2) is 0 Å². The van der Waals surface area contributed by atoms with Crippen molar-refractivity contribution in [1.82, 2.24) is 9.88 Å². The van der Waals surface area contributed by atoms with Gasteiger partial charge in [0.25, 0.3) is 0 Å². The Labute approximate surface area is 120 Å². The molecule has 0 spiro atoms. The summed E-state index contributed by atoms with van der Waals surface area (Å²) in [5.74, 6) is 1.74. The van der Waals surface area contributed by atoms with E-state index in [0.29, 0.717) is 10.5 Å². The lowest BCUT2D eigenvalue weighted by molar-refractivity contribution is 0.225. The molecule has 3 rings (SSSR count). The van der Waals surface area contributed by atoms with E-state index < -0.39 is 0 Å². The van der Waals surface area contributed by atoms with Crippen molar-refractivity contribution in [3.8, 4) is 0 Å². The second-order valence-electron chi connectivity index (χ2n) is 4.23. The zero-order valence-electron chi connectivity index (χ0n) is 10.1. The van der Waals surface area contributed by atoms with Crippen LogP contribution in [0.25, 0.3) is 10.9 Å². The molecule has 0 unspecified atom stereocenters. The van der Waals surface area contributed by atoms with Gasteiger partial charge in [-0.1, -0.05) is 11.6 Å². The van der Waals surface area contributed by atoms with Crippen LogP contribution in [-0.4, -0.2) is 34.1 Å². The number of aromatic nitrogens is 1. The van der Waals surface area contributed by atoms with Gasteiger partial charge < -0.3 is 10.2 Å². The zero-order chi connectivity index (χ0) is 13.2. The fourth-order valence-electron chi connectivity index (χ4n) is 2.02.